The molecule has 0 atom stereocenters. The van der Waals surface area contributed by atoms with E-state index in [9.17, 15) is 0 Å². The largest absolute Gasteiger partial charge is 0.422 e. The van der Waals surface area contributed by atoms with Gasteiger partial charge in [-0.15, -0.1) is 10.2 Å². The molecule has 66 valence electrons. The third-order valence-electron chi connectivity index (χ3n) is 2.19. The van der Waals surface area contributed by atoms with Gasteiger partial charge in [0, 0.05) is 11.6 Å². The number of nitrogens with zero attached hydrogens (tertiary/aromatic N) is 3. The molecule has 2 heterocycles. The minimum atomic E-state index is 0.475. The lowest BCUT2D eigenvalue weighted by Gasteiger charge is -1.84. The van der Waals surface area contributed by atoms with E-state index < -0.39 is 0 Å². The first-order valence-corrected chi connectivity index (χ1v) is 4.25. The zero-order valence-corrected chi connectivity index (χ0v) is 6.90. The number of aromatic nitrogens is 4. The monoisotopic (exact) mass is 176 g/mol. The lowest BCUT2D eigenvalue weighted by atomic mass is 10.3. The van der Waals surface area contributed by atoms with Crippen molar-refractivity contribution in [3.63, 3.8) is 0 Å². The van der Waals surface area contributed by atoms with E-state index in [1.165, 1.54) is 24.9 Å². The molecule has 0 unspecified atom stereocenters. The highest BCUT2D eigenvalue weighted by Crippen LogP contribution is 2.39. The Kier molecular flexibility index (Phi) is 1.27. The molecule has 0 spiro atoms. The van der Waals surface area contributed by atoms with Crippen LogP contribution in [-0.4, -0.2) is 20.4 Å². The van der Waals surface area contributed by atoms with E-state index in [-0.39, 0.29) is 0 Å². The van der Waals surface area contributed by atoms with Gasteiger partial charge in [0.15, 0.2) is 0 Å². The molecular weight excluding hydrogens is 168 g/mol. The van der Waals surface area contributed by atoms with E-state index in [2.05, 4.69) is 20.4 Å². The van der Waals surface area contributed by atoms with Crippen molar-refractivity contribution in [1.29, 1.82) is 0 Å². The first-order valence-electron chi connectivity index (χ1n) is 4.25. The molecule has 1 saturated carbocycles. The molecule has 1 aliphatic carbocycles. The summed E-state index contributed by atoms with van der Waals surface area (Å²) in [5, 5.41) is 14.5. The molecule has 5 heteroatoms. The standard InChI is InChI=1S/C8H8N4O/c1-2-5(1)6-3-7(11-10-6)8-12-9-4-13-8/h3-5H,1-2H2,(H,10,11). The molecule has 0 amide bonds. The molecule has 2 aromatic rings. The Hall–Kier alpha value is -1.65. The molecule has 0 saturated heterocycles. The summed E-state index contributed by atoms with van der Waals surface area (Å²) < 4.78 is 5.03. The van der Waals surface area contributed by atoms with Crippen LogP contribution in [0.4, 0.5) is 0 Å². The van der Waals surface area contributed by atoms with Crippen molar-refractivity contribution in [3.8, 4) is 11.6 Å². The predicted molar refractivity (Wildman–Crippen MR) is 43.9 cm³/mol. The van der Waals surface area contributed by atoms with Gasteiger partial charge < -0.3 is 4.42 Å². The fourth-order valence-electron chi connectivity index (χ4n) is 1.33. The molecular formula is C8H8N4O. The molecule has 1 aliphatic rings. The molecule has 5 nitrogen and oxygen atoms in total. The van der Waals surface area contributed by atoms with Crippen LogP contribution in [0.5, 0.6) is 0 Å². The Bertz CT molecular complexity index is 401. The summed E-state index contributed by atoms with van der Waals surface area (Å²) in [6.45, 7) is 0. The molecule has 13 heavy (non-hydrogen) atoms. The maximum atomic E-state index is 5.03. The third-order valence-corrected chi connectivity index (χ3v) is 2.19. The Labute approximate surface area is 74.2 Å². The highest BCUT2D eigenvalue weighted by Gasteiger charge is 2.26. The summed E-state index contributed by atoms with van der Waals surface area (Å²) in [6.07, 6.45) is 3.82. The highest BCUT2D eigenvalue weighted by atomic mass is 16.4. The topological polar surface area (TPSA) is 67.6 Å². The van der Waals surface area contributed by atoms with Crippen LogP contribution in [-0.2, 0) is 0 Å². The van der Waals surface area contributed by atoms with Crippen molar-refractivity contribution in [2.24, 2.45) is 0 Å². The van der Waals surface area contributed by atoms with Crippen LogP contribution in [0.25, 0.3) is 11.6 Å². The zero-order valence-electron chi connectivity index (χ0n) is 6.90. The fraction of sp³-hybridized carbons (Fsp3) is 0.375. The van der Waals surface area contributed by atoms with Crippen LogP contribution >= 0.6 is 0 Å². The maximum Gasteiger partial charge on any atom is 0.267 e. The van der Waals surface area contributed by atoms with Crippen molar-refractivity contribution in [2.75, 3.05) is 0 Å². The average molecular weight is 176 g/mol. The summed E-state index contributed by atoms with van der Waals surface area (Å²) >= 11 is 0. The van der Waals surface area contributed by atoms with Crippen molar-refractivity contribution >= 4 is 0 Å². The summed E-state index contributed by atoms with van der Waals surface area (Å²) in [5.74, 6) is 1.15. The average Bonchev–Trinajstić information content (AvgIpc) is 2.72. The predicted octanol–water partition coefficient (Wildman–Crippen LogP) is 1.34. The Morgan fingerprint density at radius 1 is 1.46 bits per heavy atom. The number of aromatic amines is 1. The Balaban J connectivity index is 1.97. The van der Waals surface area contributed by atoms with E-state index in [0.717, 1.165) is 5.69 Å². The van der Waals surface area contributed by atoms with Gasteiger partial charge in [-0.3, -0.25) is 5.10 Å². The van der Waals surface area contributed by atoms with Gasteiger partial charge in [0.2, 0.25) is 6.39 Å². The second kappa shape index (κ2) is 2.42. The maximum absolute atomic E-state index is 5.03. The summed E-state index contributed by atoms with van der Waals surface area (Å²) in [6, 6.07) is 1.98. The number of rotatable bonds is 2. The van der Waals surface area contributed by atoms with Crippen molar-refractivity contribution in [3.05, 3.63) is 18.2 Å². The van der Waals surface area contributed by atoms with E-state index in [0.29, 0.717) is 11.8 Å². The third kappa shape index (κ3) is 1.12. The van der Waals surface area contributed by atoms with Crippen LogP contribution in [0.3, 0.4) is 0 Å². The van der Waals surface area contributed by atoms with Gasteiger partial charge in [-0.2, -0.15) is 5.10 Å². The quantitative estimate of drug-likeness (QED) is 0.749. The second-order valence-electron chi connectivity index (χ2n) is 3.23. The first kappa shape index (κ1) is 6.82. The molecule has 0 aromatic carbocycles. The van der Waals surface area contributed by atoms with Gasteiger partial charge in [0.05, 0.1) is 0 Å². The van der Waals surface area contributed by atoms with Gasteiger partial charge in [-0.05, 0) is 18.9 Å². The minimum Gasteiger partial charge on any atom is -0.422 e. The first-order chi connectivity index (χ1) is 6.43. The smallest absolute Gasteiger partial charge is 0.267 e. The molecule has 1 N–H and O–H groups in total. The normalized spacial score (nSPS) is 16.3. The zero-order chi connectivity index (χ0) is 8.67. The molecule has 3 rings (SSSR count). The van der Waals surface area contributed by atoms with Gasteiger partial charge in [0.25, 0.3) is 5.89 Å². The van der Waals surface area contributed by atoms with Gasteiger partial charge in [-0.1, -0.05) is 0 Å². The number of hydrogen-bond acceptors (Lipinski definition) is 4. The molecule has 0 radical (unpaired) electrons. The number of nitrogens with one attached hydrogen (secondary N) is 1. The lowest BCUT2D eigenvalue weighted by Crippen LogP contribution is -1.77. The van der Waals surface area contributed by atoms with Crippen LogP contribution in [0.15, 0.2) is 16.9 Å². The number of hydrogen-bond donors (Lipinski definition) is 1. The van der Waals surface area contributed by atoms with E-state index in [1.54, 1.807) is 0 Å². The van der Waals surface area contributed by atoms with Crippen molar-refractivity contribution in [1.82, 2.24) is 20.4 Å². The fourth-order valence-corrected chi connectivity index (χ4v) is 1.33. The highest BCUT2D eigenvalue weighted by molar-refractivity contribution is 5.46. The minimum absolute atomic E-state index is 0.475. The van der Waals surface area contributed by atoms with Crippen molar-refractivity contribution < 1.29 is 4.42 Å². The van der Waals surface area contributed by atoms with E-state index >= 15 is 0 Å². The van der Waals surface area contributed by atoms with E-state index in [1.807, 2.05) is 6.07 Å². The Morgan fingerprint density at radius 2 is 2.38 bits per heavy atom. The second-order valence-corrected chi connectivity index (χ2v) is 3.23. The van der Waals surface area contributed by atoms with Crippen LogP contribution in [0.1, 0.15) is 24.5 Å². The Morgan fingerprint density at radius 3 is 3.08 bits per heavy atom. The van der Waals surface area contributed by atoms with Gasteiger partial charge >= 0.3 is 0 Å². The number of H-pyrrole nitrogens is 1. The summed E-state index contributed by atoms with van der Waals surface area (Å²) in [7, 11) is 0. The van der Waals surface area contributed by atoms with Gasteiger partial charge in [-0.25, -0.2) is 0 Å². The van der Waals surface area contributed by atoms with Crippen LogP contribution in [0, 0.1) is 0 Å². The SMILES string of the molecule is c1nnc(-c2cc(C3CC3)[nH]n2)o1. The van der Waals surface area contributed by atoms with Gasteiger partial charge in [0.1, 0.15) is 5.69 Å². The summed E-state index contributed by atoms with van der Waals surface area (Å²) in [5.41, 5.74) is 1.91. The summed E-state index contributed by atoms with van der Waals surface area (Å²) in [4.78, 5) is 0. The van der Waals surface area contributed by atoms with E-state index in [4.69, 9.17) is 4.42 Å². The molecule has 2 aromatic heterocycles. The molecule has 1 fully saturated rings. The van der Waals surface area contributed by atoms with Crippen LogP contribution in [0.2, 0.25) is 0 Å². The lowest BCUT2D eigenvalue weighted by molar-refractivity contribution is 0.566. The molecule has 0 bridgehead atoms. The molecule has 0 aliphatic heterocycles. The van der Waals surface area contributed by atoms with Crippen molar-refractivity contribution in [2.45, 2.75) is 18.8 Å². The van der Waals surface area contributed by atoms with Crippen LogP contribution < -0.4 is 0 Å².